The molecule has 142 valence electrons. The zero-order chi connectivity index (χ0) is 18.7. The molecule has 4 rings (SSSR count). The van der Waals surface area contributed by atoms with Gasteiger partial charge < -0.3 is 9.80 Å². The fourth-order valence-electron chi connectivity index (χ4n) is 3.71. The summed E-state index contributed by atoms with van der Waals surface area (Å²) in [5.74, 6) is 0.135. The number of pyridine rings is 1. The van der Waals surface area contributed by atoms with E-state index in [2.05, 4.69) is 9.71 Å². The lowest BCUT2D eigenvalue weighted by Gasteiger charge is -2.36. The summed E-state index contributed by atoms with van der Waals surface area (Å²) in [6, 6.07) is 3.48. The standard InChI is InChI=1S/C17H24N4O4S/c1-26(24,25)19-8-6-16(22)21-11-13-4-5-15(21)12-20(10-13)17(23)14-3-2-7-18-9-14/h2-3,7,9,13,15,19H,4-6,8,10-12H2,1H3/t13-,15+/m0/s1. The smallest absolute Gasteiger partial charge is 0.255 e. The van der Waals surface area contributed by atoms with Crippen LogP contribution in [-0.2, 0) is 14.8 Å². The highest BCUT2D eigenvalue weighted by atomic mass is 32.2. The normalized spacial score (nSPS) is 23.0. The fraction of sp³-hybridized carbons (Fsp3) is 0.588. The average molecular weight is 380 g/mol. The molecule has 0 radical (unpaired) electrons. The predicted molar refractivity (Wildman–Crippen MR) is 95.8 cm³/mol. The van der Waals surface area contributed by atoms with Crippen LogP contribution in [-0.4, -0.2) is 73.5 Å². The highest BCUT2D eigenvalue weighted by Gasteiger charge is 2.38. The van der Waals surface area contributed by atoms with Crippen molar-refractivity contribution in [2.75, 3.05) is 32.4 Å². The molecular formula is C17H24N4O4S. The molecule has 2 amide bonds. The summed E-state index contributed by atoms with van der Waals surface area (Å²) in [6.45, 7) is 1.87. The number of nitrogens with one attached hydrogen (secondary N) is 1. The summed E-state index contributed by atoms with van der Waals surface area (Å²) in [7, 11) is -3.30. The first kappa shape index (κ1) is 18.8. The third-order valence-electron chi connectivity index (χ3n) is 4.93. The van der Waals surface area contributed by atoms with E-state index in [1.165, 1.54) is 0 Å². The zero-order valence-corrected chi connectivity index (χ0v) is 15.6. The number of fused-ring (bicyclic) bond motifs is 4. The molecule has 0 aromatic carbocycles. The van der Waals surface area contributed by atoms with Crippen LogP contribution in [0.2, 0.25) is 0 Å². The molecule has 3 fully saturated rings. The van der Waals surface area contributed by atoms with Crippen molar-refractivity contribution in [3.8, 4) is 0 Å². The molecule has 0 spiro atoms. The molecule has 1 aromatic heterocycles. The van der Waals surface area contributed by atoms with E-state index in [0.29, 0.717) is 25.2 Å². The molecule has 3 aliphatic rings. The number of amides is 2. The van der Waals surface area contributed by atoms with Crippen LogP contribution in [0.3, 0.4) is 0 Å². The molecule has 3 saturated heterocycles. The monoisotopic (exact) mass is 380 g/mol. The van der Waals surface area contributed by atoms with Gasteiger partial charge in [0, 0.05) is 51.0 Å². The second-order valence-electron chi connectivity index (χ2n) is 7.01. The Labute approximate surface area is 153 Å². The third-order valence-corrected chi connectivity index (χ3v) is 5.66. The number of sulfonamides is 1. The lowest BCUT2D eigenvalue weighted by molar-refractivity contribution is -0.135. The van der Waals surface area contributed by atoms with Crippen molar-refractivity contribution < 1.29 is 18.0 Å². The van der Waals surface area contributed by atoms with E-state index in [1.807, 2.05) is 9.80 Å². The van der Waals surface area contributed by atoms with Crippen LogP contribution in [0.25, 0.3) is 0 Å². The van der Waals surface area contributed by atoms with Gasteiger partial charge in [-0.3, -0.25) is 14.6 Å². The molecule has 2 bridgehead atoms. The van der Waals surface area contributed by atoms with E-state index in [-0.39, 0.29) is 36.7 Å². The van der Waals surface area contributed by atoms with Crippen LogP contribution in [0, 0.1) is 5.92 Å². The quantitative estimate of drug-likeness (QED) is 0.780. The lowest BCUT2D eigenvalue weighted by atomic mass is 9.95. The van der Waals surface area contributed by atoms with Gasteiger partial charge in [0.2, 0.25) is 15.9 Å². The van der Waals surface area contributed by atoms with E-state index in [0.717, 1.165) is 19.1 Å². The molecule has 1 aromatic rings. The summed E-state index contributed by atoms with van der Waals surface area (Å²) in [4.78, 5) is 32.9. The van der Waals surface area contributed by atoms with Gasteiger partial charge in [0.05, 0.1) is 11.8 Å². The molecule has 0 saturated carbocycles. The van der Waals surface area contributed by atoms with Crippen molar-refractivity contribution in [3.63, 3.8) is 0 Å². The van der Waals surface area contributed by atoms with Gasteiger partial charge in [-0.05, 0) is 30.9 Å². The lowest BCUT2D eigenvalue weighted by Crippen LogP contribution is -2.48. The summed E-state index contributed by atoms with van der Waals surface area (Å²) in [5.41, 5.74) is 0.559. The van der Waals surface area contributed by atoms with Crippen molar-refractivity contribution in [2.24, 2.45) is 5.92 Å². The molecule has 26 heavy (non-hydrogen) atoms. The third kappa shape index (κ3) is 4.59. The second-order valence-corrected chi connectivity index (χ2v) is 8.84. The molecule has 3 aliphatic heterocycles. The molecule has 2 atom stereocenters. The number of hydrogen-bond donors (Lipinski definition) is 1. The number of aromatic nitrogens is 1. The maximum atomic E-state index is 12.7. The summed E-state index contributed by atoms with van der Waals surface area (Å²) in [5, 5.41) is 0. The first-order valence-corrected chi connectivity index (χ1v) is 10.7. The molecule has 1 N–H and O–H groups in total. The molecular weight excluding hydrogens is 356 g/mol. The minimum atomic E-state index is -3.30. The molecule has 4 heterocycles. The van der Waals surface area contributed by atoms with Crippen molar-refractivity contribution >= 4 is 21.8 Å². The summed E-state index contributed by atoms with van der Waals surface area (Å²) >= 11 is 0. The van der Waals surface area contributed by atoms with E-state index in [1.54, 1.807) is 24.5 Å². The Kier molecular flexibility index (Phi) is 5.57. The molecule has 8 nitrogen and oxygen atoms in total. The van der Waals surface area contributed by atoms with Crippen molar-refractivity contribution in [1.82, 2.24) is 19.5 Å². The van der Waals surface area contributed by atoms with Crippen molar-refractivity contribution in [3.05, 3.63) is 30.1 Å². The Hall–Kier alpha value is -2.00. The largest absolute Gasteiger partial charge is 0.338 e. The minimum Gasteiger partial charge on any atom is -0.338 e. The Bertz CT molecular complexity index is 768. The maximum Gasteiger partial charge on any atom is 0.255 e. The van der Waals surface area contributed by atoms with E-state index < -0.39 is 10.0 Å². The Morgan fingerprint density at radius 1 is 1.27 bits per heavy atom. The zero-order valence-electron chi connectivity index (χ0n) is 14.8. The highest BCUT2D eigenvalue weighted by molar-refractivity contribution is 7.88. The molecule has 0 aliphatic carbocycles. The minimum absolute atomic E-state index is 0.0138. The van der Waals surface area contributed by atoms with Gasteiger partial charge in [-0.25, -0.2) is 13.1 Å². The van der Waals surface area contributed by atoms with Crippen LogP contribution in [0.4, 0.5) is 0 Å². The highest BCUT2D eigenvalue weighted by Crippen LogP contribution is 2.29. The van der Waals surface area contributed by atoms with Gasteiger partial charge in [-0.1, -0.05) is 0 Å². The number of carbonyl (C=O) groups excluding carboxylic acids is 2. The number of hydrogen-bond acceptors (Lipinski definition) is 5. The van der Waals surface area contributed by atoms with Gasteiger partial charge in [-0.15, -0.1) is 0 Å². The Balaban J connectivity index is 1.64. The van der Waals surface area contributed by atoms with Crippen LogP contribution >= 0.6 is 0 Å². The van der Waals surface area contributed by atoms with Crippen molar-refractivity contribution in [2.45, 2.75) is 25.3 Å². The average Bonchev–Trinajstić information content (AvgIpc) is 2.92. The van der Waals surface area contributed by atoms with Crippen molar-refractivity contribution in [1.29, 1.82) is 0 Å². The molecule has 9 heteroatoms. The van der Waals surface area contributed by atoms with Gasteiger partial charge in [0.1, 0.15) is 0 Å². The first-order chi connectivity index (χ1) is 12.3. The Morgan fingerprint density at radius 3 is 2.77 bits per heavy atom. The summed E-state index contributed by atoms with van der Waals surface area (Å²) < 4.78 is 24.6. The van der Waals surface area contributed by atoms with E-state index in [4.69, 9.17) is 0 Å². The number of carbonyl (C=O) groups is 2. The van der Waals surface area contributed by atoms with E-state index in [9.17, 15) is 18.0 Å². The van der Waals surface area contributed by atoms with Crippen LogP contribution in [0.15, 0.2) is 24.5 Å². The fourth-order valence-corrected chi connectivity index (χ4v) is 4.18. The Morgan fingerprint density at radius 2 is 2.08 bits per heavy atom. The maximum absolute atomic E-state index is 12.7. The van der Waals surface area contributed by atoms with Crippen LogP contribution < -0.4 is 4.72 Å². The summed E-state index contributed by atoms with van der Waals surface area (Å²) in [6.07, 6.45) is 6.27. The van der Waals surface area contributed by atoms with Gasteiger partial charge in [0.15, 0.2) is 0 Å². The second kappa shape index (κ2) is 7.71. The van der Waals surface area contributed by atoms with Crippen LogP contribution in [0.5, 0.6) is 0 Å². The van der Waals surface area contributed by atoms with E-state index >= 15 is 0 Å². The van der Waals surface area contributed by atoms with Gasteiger partial charge >= 0.3 is 0 Å². The van der Waals surface area contributed by atoms with Crippen LogP contribution in [0.1, 0.15) is 29.6 Å². The molecule has 0 unspecified atom stereocenters. The number of rotatable bonds is 5. The predicted octanol–water partition coefficient (Wildman–Crippen LogP) is 0.0839. The topological polar surface area (TPSA) is 99.7 Å². The van der Waals surface area contributed by atoms with Gasteiger partial charge in [-0.2, -0.15) is 0 Å². The SMILES string of the molecule is CS(=O)(=O)NCCC(=O)N1C[C@H]2CC[C@@H]1CN(C(=O)c1cccnc1)C2. The number of nitrogens with zero attached hydrogens (tertiary/aromatic N) is 3. The first-order valence-electron chi connectivity index (χ1n) is 8.77. The van der Waals surface area contributed by atoms with Gasteiger partial charge in [0.25, 0.3) is 5.91 Å². The number of piperidine rings is 1.